The fraction of sp³-hybridized carbons (Fsp3) is 0.167. The van der Waals surface area contributed by atoms with Crippen molar-refractivity contribution in [2.75, 3.05) is 14.2 Å². The summed E-state index contributed by atoms with van der Waals surface area (Å²) >= 11 is 0. The van der Waals surface area contributed by atoms with E-state index in [1.807, 2.05) is 6.07 Å². The van der Waals surface area contributed by atoms with Crippen LogP contribution in [-0.4, -0.2) is 25.8 Å². The quantitative estimate of drug-likeness (QED) is 0.415. The summed E-state index contributed by atoms with van der Waals surface area (Å²) in [5, 5.41) is 0. The Hall–Kier alpha value is -2.23. The number of carbonyl (C=O) groups excluding carboxylic acids is 1. The average Bonchev–Trinajstić information content (AvgIpc) is 2.54. The lowest BCUT2D eigenvalue weighted by Gasteiger charge is -2.30. The van der Waals surface area contributed by atoms with Crippen molar-refractivity contribution in [3.05, 3.63) is 85.0 Å². The van der Waals surface area contributed by atoms with Crippen LogP contribution < -0.4 is 0 Å². The predicted octanol–water partition coefficient (Wildman–Crippen LogP) is 3.71. The lowest BCUT2D eigenvalue weighted by atomic mass is 9.94. The zero-order valence-corrected chi connectivity index (χ0v) is 12.4. The Morgan fingerprint density at radius 1 is 1.10 bits per heavy atom. The molecule has 0 aliphatic carbocycles. The highest BCUT2D eigenvalue weighted by Crippen LogP contribution is 2.28. The maximum absolute atomic E-state index is 12.8. The lowest BCUT2D eigenvalue weighted by molar-refractivity contribution is -0.140. The van der Waals surface area contributed by atoms with E-state index in [1.165, 1.54) is 14.2 Å². The number of ether oxygens (including phenoxy) is 2. The van der Waals surface area contributed by atoms with E-state index in [2.05, 4.69) is 13.2 Å². The second-order valence-electron chi connectivity index (χ2n) is 4.17. The van der Waals surface area contributed by atoms with Gasteiger partial charge >= 0.3 is 0 Å². The van der Waals surface area contributed by atoms with E-state index in [-0.39, 0.29) is 5.78 Å². The summed E-state index contributed by atoms with van der Waals surface area (Å²) in [5.74, 6) is -1.80. The molecule has 0 atom stereocenters. The highest BCUT2D eigenvalue weighted by atomic mass is 16.7. The van der Waals surface area contributed by atoms with Gasteiger partial charge in [-0.2, -0.15) is 0 Å². The van der Waals surface area contributed by atoms with Gasteiger partial charge in [0.25, 0.3) is 5.79 Å². The molecule has 0 fully saturated rings. The number of hydrogen-bond acceptors (Lipinski definition) is 3. The Morgan fingerprint density at radius 3 is 2.19 bits per heavy atom. The molecule has 0 saturated heterocycles. The second kappa shape index (κ2) is 8.15. The first kappa shape index (κ1) is 16.8. The van der Waals surface area contributed by atoms with Crippen LogP contribution in [0.15, 0.2) is 79.4 Å². The van der Waals surface area contributed by atoms with Crippen molar-refractivity contribution in [3.8, 4) is 0 Å². The van der Waals surface area contributed by atoms with Crippen molar-refractivity contribution in [2.45, 2.75) is 5.79 Å². The fourth-order valence-corrected chi connectivity index (χ4v) is 1.99. The third-order valence-corrected chi connectivity index (χ3v) is 3.00. The van der Waals surface area contributed by atoms with Gasteiger partial charge in [0.05, 0.1) is 0 Å². The summed E-state index contributed by atoms with van der Waals surface area (Å²) in [7, 11) is 2.87. The minimum atomic E-state index is -1.52. The normalized spacial score (nSPS) is 12.4. The van der Waals surface area contributed by atoms with E-state index in [0.29, 0.717) is 11.1 Å². The van der Waals surface area contributed by atoms with Crippen molar-refractivity contribution >= 4 is 5.78 Å². The highest BCUT2D eigenvalue weighted by Gasteiger charge is 2.42. The van der Waals surface area contributed by atoms with E-state index < -0.39 is 5.79 Å². The molecule has 0 aliphatic heterocycles. The van der Waals surface area contributed by atoms with Crippen LogP contribution in [0.3, 0.4) is 0 Å². The summed E-state index contributed by atoms with van der Waals surface area (Å²) in [6.45, 7) is 7.29. The number of benzene rings is 1. The van der Waals surface area contributed by atoms with Gasteiger partial charge in [-0.3, -0.25) is 4.79 Å². The van der Waals surface area contributed by atoms with Crippen molar-refractivity contribution in [1.29, 1.82) is 0 Å². The first-order valence-corrected chi connectivity index (χ1v) is 6.48. The van der Waals surface area contributed by atoms with E-state index >= 15 is 0 Å². The number of ketones is 1. The Morgan fingerprint density at radius 2 is 1.71 bits per heavy atom. The van der Waals surface area contributed by atoms with Crippen molar-refractivity contribution in [3.63, 3.8) is 0 Å². The Bertz CT molecular complexity index is 549. The molecule has 0 saturated carbocycles. The van der Waals surface area contributed by atoms with Crippen LogP contribution in [0.4, 0.5) is 0 Å². The monoisotopic (exact) mass is 284 g/mol. The summed E-state index contributed by atoms with van der Waals surface area (Å²) in [6, 6.07) is 8.87. The largest absolute Gasteiger partial charge is 0.343 e. The number of methoxy groups -OCH3 is 2. The molecule has 0 amide bonds. The van der Waals surface area contributed by atoms with Crippen molar-refractivity contribution < 1.29 is 14.3 Å². The number of allylic oxidation sites excluding steroid dienone is 4. The molecule has 0 N–H and O–H groups in total. The molecule has 0 bridgehead atoms. The molecule has 0 radical (unpaired) electrons. The van der Waals surface area contributed by atoms with Crippen LogP contribution in [-0.2, 0) is 9.47 Å². The zero-order valence-electron chi connectivity index (χ0n) is 12.4. The number of rotatable bonds is 8. The summed E-state index contributed by atoms with van der Waals surface area (Å²) in [6.07, 6.45) is 8.28. The van der Waals surface area contributed by atoms with E-state index in [4.69, 9.17) is 9.47 Å². The first-order valence-electron chi connectivity index (χ1n) is 6.48. The number of Topliss-reactive ketones (excluding diaryl/α,β-unsaturated/α-hetero) is 1. The number of hydrogen-bond donors (Lipinski definition) is 0. The zero-order chi connectivity index (χ0) is 15.7. The lowest BCUT2D eigenvalue weighted by Crippen LogP contribution is -2.44. The third kappa shape index (κ3) is 3.66. The highest BCUT2D eigenvalue weighted by molar-refractivity contribution is 6.04. The summed E-state index contributed by atoms with van der Waals surface area (Å²) in [5.41, 5.74) is 1.04. The van der Waals surface area contributed by atoms with Crippen LogP contribution in [0, 0.1) is 0 Å². The van der Waals surface area contributed by atoms with Crippen LogP contribution in [0.5, 0.6) is 0 Å². The Balaban J connectivity index is 3.38. The molecular weight excluding hydrogens is 264 g/mol. The molecule has 1 aromatic rings. The second-order valence-corrected chi connectivity index (χ2v) is 4.17. The smallest absolute Gasteiger partial charge is 0.260 e. The molecule has 1 rings (SSSR count). The molecule has 21 heavy (non-hydrogen) atoms. The SMILES string of the molecule is C=C/C=C\C(=C/C=C)C(OC)(OC)C(=O)c1ccccc1. The van der Waals surface area contributed by atoms with Gasteiger partial charge in [0, 0.05) is 25.4 Å². The first-order chi connectivity index (χ1) is 10.2. The maximum Gasteiger partial charge on any atom is 0.260 e. The topological polar surface area (TPSA) is 35.5 Å². The molecule has 0 spiro atoms. The molecule has 0 unspecified atom stereocenters. The van der Waals surface area contributed by atoms with Gasteiger partial charge in [0.15, 0.2) is 0 Å². The van der Waals surface area contributed by atoms with Gasteiger partial charge in [-0.15, -0.1) is 0 Å². The van der Waals surface area contributed by atoms with Crippen LogP contribution in [0.2, 0.25) is 0 Å². The van der Waals surface area contributed by atoms with Crippen molar-refractivity contribution in [2.24, 2.45) is 0 Å². The van der Waals surface area contributed by atoms with Gasteiger partial charge in [0.2, 0.25) is 5.78 Å². The molecule has 3 nitrogen and oxygen atoms in total. The molecule has 110 valence electrons. The predicted molar refractivity (Wildman–Crippen MR) is 85.1 cm³/mol. The van der Waals surface area contributed by atoms with Gasteiger partial charge in [-0.25, -0.2) is 0 Å². The van der Waals surface area contributed by atoms with Gasteiger partial charge < -0.3 is 9.47 Å². The minimum absolute atomic E-state index is 0.282. The summed E-state index contributed by atoms with van der Waals surface area (Å²) < 4.78 is 10.9. The van der Waals surface area contributed by atoms with Gasteiger partial charge in [-0.05, 0) is 0 Å². The molecule has 0 aliphatic rings. The van der Waals surface area contributed by atoms with E-state index in [0.717, 1.165) is 0 Å². The van der Waals surface area contributed by atoms with Crippen LogP contribution in [0.25, 0.3) is 0 Å². The van der Waals surface area contributed by atoms with E-state index in [1.54, 1.807) is 54.6 Å². The van der Waals surface area contributed by atoms with Gasteiger partial charge in [-0.1, -0.05) is 73.9 Å². The Kier molecular flexibility index (Phi) is 6.53. The minimum Gasteiger partial charge on any atom is -0.343 e. The summed E-state index contributed by atoms with van der Waals surface area (Å²) in [4.78, 5) is 12.8. The van der Waals surface area contributed by atoms with Crippen LogP contribution >= 0.6 is 0 Å². The average molecular weight is 284 g/mol. The Labute approximate surface area is 125 Å². The molecule has 1 aromatic carbocycles. The molecule has 0 aromatic heterocycles. The van der Waals surface area contributed by atoms with Gasteiger partial charge in [0.1, 0.15) is 0 Å². The molecular formula is C18H20O3. The van der Waals surface area contributed by atoms with Crippen LogP contribution in [0.1, 0.15) is 10.4 Å². The standard InChI is InChI=1S/C18H20O3/c1-5-7-14-16(11-6-2)18(20-3,21-4)17(19)15-12-9-8-10-13-15/h5-14H,1-2H2,3-4H3/b14-7-,16-11+. The van der Waals surface area contributed by atoms with E-state index in [9.17, 15) is 4.79 Å². The molecule has 0 heterocycles. The fourth-order valence-electron chi connectivity index (χ4n) is 1.99. The number of carbonyl (C=O) groups is 1. The van der Waals surface area contributed by atoms with Crippen molar-refractivity contribution in [1.82, 2.24) is 0 Å². The molecule has 3 heteroatoms. The maximum atomic E-state index is 12.8. The third-order valence-electron chi connectivity index (χ3n) is 3.00.